The molecule has 0 bridgehead atoms. The Morgan fingerprint density at radius 2 is 1.64 bits per heavy atom. The van der Waals surface area contributed by atoms with Crippen molar-refractivity contribution in [3.8, 4) is 5.75 Å². The maximum absolute atomic E-state index is 12.5. The molecule has 0 aromatic heterocycles. The van der Waals surface area contributed by atoms with Crippen LogP contribution in [0.3, 0.4) is 0 Å². The third kappa shape index (κ3) is 4.82. The lowest BCUT2D eigenvalue weighted by molar-refractivity contribution is -0.131. The van der Waals surface area contributed by atoms with E-state index >= 15 is 0 Å². The molecule has 0 aliphatic rings. The minimum absolute atomic E-state index is 0.00939. The zero-order valence-corrected chi connectivity index (χ0v) is 15.7. The van der Waals surface area contributed by atoms with E-state index in [4.69, 9.17) is 4.74 Å². The van der Waals surface area contributed by atoms with Crippen LogP contribution < -0.4 is 4.74 Å². The van der Waals surface area contributed by atoms with Gasteiger partial charge in [-0.25, -0.2) is 8.42 Å². The van der Waals surface area contributed by atoms with Crippen molar-refractivity contribution >= 4 is 15.7 Å². The predicted molar refractivity (Wildman–Crippen MR) is 97.4 cm³/mol. The molecule has 0 saturated carbocycles. The summed E-state index contributed by atoms with van der Waals surface area (Å²) in [5.74, 6) is 0.744. The maximum Gasteiger partial charge on any atom is 0.227 e. The first-order chi connectivity index (χ1) is 11.7. The Balaban J connectivity index is 2.07. The van der Waals surface area contributed by atoms with Crippen molar-refractivity contribution in [1.82, 2.24) is 4.90 Å². The molecule has 0 aliphatic carbocycles. The molecule has 2 rings (SSSR count). The largest absolute Gasteiger partial charge is 0.497 e. The van der Waals surface area contributed by atoms with Crippen molar-refractivity contribution in [2.75, 3.05) is 20.4 Å². The van der Waals surface area contributed by atoms with Gasteiger partial charge in [0.25, 0.3) is 0 Å². The van der Waals surface area contributed by atoms with Crippen LogP contribution in [-0.4, -0.2) is 39.6 Å². The summed E-state index contributed by atoms with van der Waals surface area (Å²) in [6.45, 7) is 1.92. The molecule has 6 heteroatoms. The molecule has 134 valence electrons. The first kappa shape index (κ1) is 19.0. The number of nitrogens with zero attached hydrogens (tertiary/aromatic N) is 1. The Kier molecular flexibility index (Phi) is 5.85. The van der Waals surface area contributed by atoms with E-state index < -0.39 is 9.84 Å². The number of carbonyl (C=O) groups excluding carboxylic acids is 1. The Morgan fingerprint density at radius 3 is 2.12 bits per heavy atom. The topological polar surface area (TPSA) is 63.7 Å². The fourth-order valence-electron chi connectivity index (χ4n) is 2.48. The zero-order valence-electron chi connectivity index (χ0n) is 14.9. The lowest BCUT2D eigenvalue weighted by atomic mass is 10.1. The highest BCUT2D eigenvalue weighted by atomic mass is 32.2. The zero-order chi connectivity index (χ0) is 18.6. The number of amides is 1. The van der Waals surface area contributed by atoms with Crippen molar-refractivity contribution in [3.05, 3.63) is 59.7 Å². The molecule has 0 saturated heterocycles. The molecule has 0 radical (unpaired) electrons. The van der Waals surface area contributed by atoms with Crippen molar-refractivity contribution in [3.63, 3.8) is 0 Å². The molecule has 1 unspecified atom stereocenters. The highest BCUT2D eigenvalue weighted by molar-refractivity contribution is 7.90. The molecule has 0 heterocycles. The molecular formula is C19H23NO4S. The highest BCUT2D eigenvalue weighted by Gasteiger charge is 2.18. The summed E-state index contributed by atoms with van der Waals surface area (Å²) >= 11 is 0. The predicted octanol–water partition coefficient (Wildman–Crippen LogP) is 2.86. The van der Waals surface area contributed by atoms with Gasteiger partial charge in [-0.2, -0.15) is 0 Å². The molecule has 0 aliphatic heterocycles. The van der Waals surface area contributed by atoms with E-state index in [1.54, 1.807) is 43.3 Å². The standard InChI is InChI=1S/C19H23NO4S/c1-14(16-7-11-18(12-8-16)25(4,22)23)20(2)19(21)13-15-5-9-17(24-3)10-6-15/h5-12,14H,13H2,1-4H3. The number of rotatable bonds is 6. The first-order valence-electron chi connectivity index (χ1n) is 7.91. The van der Waals surface area contributed by atoms with Gasteiger partial charge in [0.05, 0.1) is 24.5 Å². The van der Waals surface area contributed by atoms with E-state index in [1.807, 2.05) is 31.2 Å². The van der Waals surface area contributed by atoms with Crippen LogP contribution in [0.2, 0.25) is 0 Å². The summed E-state index contributed by atoms with van der Waals surface area (Å²) in [4.78, 5) is 14.4. The van der Waals surface area contributed by atoms with Crippen LogP contribution in [0, 0.1) is 0 Å². The quantitative estimate of drug-likeness (QED) is 0.794. The number of carbonyl (C=O) groups is 1. The SMILES string of the molecule is COc1ccc(CC(=O)N(C)C(C)c2ccc(S(C)(=O)=O)cc2)cc1. The van der Waals surface area contributed by atoms with Gasteiger partial charge < -0.3 is 9.64 Å². The van der Waals surface area contributed by atoms with E-state index in [2.05, 4.69) is 0 Å². The number of hydrogen-bond donors (Lipinski definition) is 0. The van der Waals surface area contributed by atoms with Gasteiger partial charge >= 0.3 is 0 Å². The van der Waals surface area contributed by atoms with Gasteiger partial charge in [-0.1, -0.05) is 24.3 Å². The molecule has 0 N–H and O–H groups in total. The van der Waals surface area contributed by atoms with Gasteiger partial charge in [-0.3, -0.25) is 4.79 Å². The van der Waals surface area contributed by atoms with Crippen LogP contribution in [-0.2, 0) is 21.1 Å². The van der Waals surface area contributed by atoms with E-state index in [0.29, 0.717) is 6.42 Å². The summed E-state index contributed by atoms with van der Waals surface area (Å²) < 4.78 is 28.2. The van der Waals surface area contributed by atoms with Gasteiger partial charge in [0.2, 0.25) is 5.91 Å². The van der Waals surface area contributed by atoms with Crippen LogP contribution in [0.25, 0.3) is 0 Å². The number of methoxy groups -OCH3 is 1. The summed E-state index contributed by atoms with van der Waals surface area (Å²) in [6, 6.07) is 13.9. The normalized spacial score (nSPS) is 12.5. The van der Waals surface area contributed by atoms with Crippen LogP contribution >= 0.6 is 0 Å². The van der Waals surface area contributed by atoms with E-state index in [-0.39, 0.29) is 16.8 Å². The average molecular weight is 361 g/mol. The fraction of sp³-hybridized carbons (Fsp3) is 0.316. The molecule has 1 amide bonds. The summed E-state index contributed by atoms with van der Waals surface area (Å²) in [6.07, 6.45) is 1.47. The molecule has 2 aromatic carbocycles. The lowest BCUT2D eigenvalue weighted by Crippen LogP contribution is -2.31. The monoisotopic (exact) mass is 361 g/mol. The smallest absolute Gasteiger partial charge is 0.227 e. The maximum atomic E-state index is 12.5. The van der Waals surface area contributed by atoms with Crippen molar-refractivity contribution in [2.24, 2.45) is 0 Å². The van der Waals surface area contributed by atoms with Crippen molar-refractivity contribution in [1.29, 1.82) is 0 Å². The number of benzene rings is 2. The summed E-state index contributed by atoms with van der Waals surface area (Å²) in [5, 5.41) is 0. The summed E-state index contributed by atoms with van der Waals surface area (Å²) in [5.41, 5.74) is 1.80. The van der Waals surface area contributed by atoms with Crippen LogP contribution in [0.5, 0.6) is 5.75 Å². The van der Waals surface area contributed by atoms with Gasteiger partial charge in [0.1, 0.15) is 5.75 Å². The molecular weight excluding hydrogens is 338 g/mol. The fourth-order valence-corrected chi connectivity index (χ4v) is 3.11. The first-order valence-corrected chi connectivity index (χ1v) is 9.80. The third-order valence-electron chi connectivity index (χ3n) is 4.28. The number of sulfone groups is 1. The number of hydrogen-bond acceptors (Lipinski definition) is 4. The van der Waals surface area contributed by atoms with Crippen LogP contribution in [0.15, 0.2) is 53.4 Å². The van der Waals surface area contributed by atoms with E-state index in [1.165, 1.54) is 6.26 Å². The Labute approximate surface area is 149 Å². The highest BCUT2D eigenvalue weighted by Crippen LogP contribution is 2.22. The molecule has 0 fully saturated rings. The Bertz CT molecular complexity index is 827. The van der Waals surface area contributed by atoms with Crippen LogP contribution in [0.1, 0.15) is 24.1 Å². The van der Waals surface area contributed by atoms with Gasteiger partial charge in [0.15, 0.2) is 9.84 Å². The second-order valence-corrected chi connectivity index (χ2v) is 8.06. The van der Waals surface area contributed by atoms with Gasteiger partial charge in [-0.15, -0.1) is 0 Å². The summed E-state index contributed by atoms with van der Waals surface area (Å²) in [7, 11) is 0.134. The lowest BCUT2D eigenvalue weighted by Gasteiger charge is -2.25. The van der Waals surface area contributed by atoms with Crippen molar-refractivity contribution in [2.45, 2.75) is 24.3 Å². The van der Waals surface area contributed by atoms with E-state index in [0.717, 1.165) is 16.9 Å². The number of ether oxygens (including phenoxy) is 1. The minimum atomic E-state index is -3.22. The molecule has 2 aromatic rings. The second-order valence-electron chi connectivity index (χ2n) is 6.05. The van der Waals surface area contributed by atoms with Gasteiger partial charge in [0, 0.05) is 13.3 Å². The van der Waals surface area contributed by atoms with Crippen LogP contribution in [0.4, 0.5) is 0 Å². The van der Waals surface area contributed by atoms with Crippen molar-refractivity contribution < 1.29 is 17.9 Å². The number of likely N-dealkylation sites (N-methyl/N-ethyl adjacent to an activating group) is 1. The Morgan fingerprint density at radius 1 is 1.08 bits per heavy atom. The minimum Gasteiger partial charge on any atom is -0.497 e. The third-order valence-corrected chi connectivity index (χ3v) is 5.41. The van der Waals surface area contributed by atoms with Gasteiger partial charge in [-0.05, 0) is 42.3 Å². The molecule has 1 atom stereocenters. The molecule has 0 spiro atoms. The second kappa shape index (κ2) is 7.70. The Hall–Kier alpha value is -2.34. The molecule has 25 heavy (non-hydrogen) atoms. The average Bonchev–Trinajstić information content (AvgIpc) is 2.60. The molecule has 5 nitrogen and oxygen atoms in total. The van der Waals surface area contributed by atoms with E-state index in [9.17, 15) is 13.2 Å².